The fourth-order valence-electron chi connectivity index (χ4n) is 6.73. The molecule has 1 amide bonds. The van der Waals surface area contributed by atoms with E-state index in [2.05, 4.69) is 5.32 Å². The summed E-state index contributed by atoms with van der Waals surface area (Å²) in [5.74, 6) is -1.31. The third-order valence-corrected chi connectivity index (χ3v) is 8.69. The Morgan fingerprint density at radius 3 is 2.73 bits per heavy atom. The maximum Gasteiger partial charge on any atom is 0.343 e. The van der Waals surface area contributed by atoms with Crippen LogP contribution in [0.25, 0.3) is 22.3 Å². The number of nitrogens with one attached hydrogen (secondary N) is 1. The van der Waals surface area contributed by atoms with E-state index in [1.54, 1.807) is 24.5 Å². The Kier molecular flexibility index (Phi) is 6.54. The molecule has 6 rings (SSSR count). The maximum atomic E-state index is 15.1. The van der Waals surface area contributed by atoms with Gasteiger partial charge in [-0.1, -0.05) is 6.92 Å². The van der Waals surface area contributed by atoms with Crippen LogP contribution in [-0.2, 0) is 44.2 Å². The lowest BCUT2D eigenvalue weighted by Crippen LogP contribution is -2.44. The first-order valence-corrected chi connectivity index (χ1v) is 14.2. The molecule has 0 radical (unpaired) electrons. The number of hydrogen-bond acceptors (Lipinski definition) is 7. The lowest BCUT2D eigenvalue weighted by molar-refractivity contribution is -0.172. The smallest absolute Gasteiger partial charge is 0.343 e. The van der Waals surface area contributed by atoms with Crippen molar-refractivity contribution in [1.82, 2.24) is 14.9 Å². The van der Waals surface area contributed by atoms with E-state index < -0.39 is 11.6 Å². The molecular weight excluding hydrogens is 529 g/mol. The van der Waals surface area contributed by atoms with Crippen molar-refractivity contribution in [2.45, 2.75) is 97.3 Å². The Balaban J connectivity index is 1.52. The first-order chi connectivity index (χ1) is 19.4. The number of hydrogen-bond donors (Lipinski definition) is 2. The van der Waals surface area contributed by atoms with Crippen molar-refractivity contribution in [3.05, 3.63) is 61.7 Å². The average Bonchev–Trinajstić information content (AvgIpc) is 3.28. The molecule has 3 aromatic rings. The second-order valence-corrected chi connectivity index (χ2v) is 11.7. The number of halogens is 1. The number of esters is 1. The minimum atomic E-state index is -1.95. The summed E-state index contributed by atoms with van der Waals surface area (Å²) in [5, 5.41) is 15.2. The second-order valence-electron chi connectivity index (χ2n) is 11.7. The predicted octanol–water partition coefficient (Wildman–Crippen LogP) is 3.83. The van der Waals surface area contributed by atoms with Crippen LogP contribution in [0.2, 0.25) is 0 Å². The van der Waals surface area contributed by atoms with Crippen LogP contribution in [0.15, 0.2) is 16.9 Å². The minimum Gasteiger partial charge on any atom is -0.458 e. The van der Waals surface area contributed by atoms with Gasteiger partial charge < -0.3 is 24.5 Å². The number of benzene rings is 1. The monoisotopic (exact) mass is 563 g/mol. The maximum absolute atomic E-state index is 15.1. The predicted molar refractivity (Wildman–Crippen MR) is 149 cm³/mol. The molecule has 1 aliphatic carbocycles. The molecule has 41 heavy (non-hydrogen) atoms. The summed E-state index contributed by atoms with van der Waals surface area (Å²) in [4.78, 5) is 44.3. The Hall–Kier alpha value is -3.63. The molecule has 9 nitrogen and oxygen atoms in total. The zero-order valence-corrected chi connectivity index (χ0v) is 23.9. The van der Waals surface area contributed by atoms with Crippen LogP contribution < -0.4 is 10.9 Å². The SMILES string of the molecule is CC[C@@]1(O)C(=O)OCc2c1cc1n(c2=O)Cc2c-1nc1cc(F)c(C)c3c1c2[C@@H](NC(=O)C[C@@H](C)OC(C)C)CC3. The van der Waals surface area contributed by atoms with Crippen LogP contribution in [0.3, 0.4) is 0 Å². The number of cyclic esters (lactones) is 1. The molecule has 0 spiro atoms. The standard InChI is InChI=1S/C31H34FN3O6/c1-6-31(39)20-10-24-28-18(12-35(24)29(37)19(20)13-40-30(31)38)27-22(33-25(36)9-15(4)41-14(2)3)8-7-17-16(5)21(32)11-23(34-28)26(17)27/h10-11,14-15,22,39H,6-9,12-13H2,1-5H3,(H,33,36)/t15-,22+,31+/m1/s1. The van der Waals surface area contributed by atoms with Gasteiger partial charge in [0.15, 0.2) is 5.60 Å². The number of aromatic nitrogens is 2. The fraction of sp³-hybridized carbons (Fsp3) is 0.484. The number of carbonyl (C=O) groups excluding carboxylic acids is 2. The van der Waals surface area contributed by atoms with Gasteiger partial charge in [-0.3, -0.25) is 9.59 Å². The minimum absolute atomic E-state index is 0.00554. The first-order valence-electron chi connectivity index (χ1n) is 14.2. The topological polar surface area (TPSA) is 120 Å². The number of rotatable bonds is 6. The second kappa shape index (κ2) is 9.73. The van der Waals surface area contributed by atoms with Crippen LogP contribution in [0, 0.1) is 12.7 Å². The van der Waals surface area contributed by atoms with Crippen molar-refractivity contribution in [2.75, 3.05) is 0 Å². The number of aryl methyl sites for hydroxylation is 1. The summed E-state index contributed by atoms with van der Waals surface area (Å²) < 4.78 is 27.6. The van der Waals surface area contributed by atoms with Gasteiger partial charge in [0.25, 0.3) is 5.56 Å². The largest absolute Gasteiger partial charge is 0.458 e. The van der Waals surface area contributed by atoms with E-state index in [-0.39, 0.29) is 72.7 Å². The van der Waals surface area contributed by atoms with Gasteiger partial charge in [-0.05, 0) is 69.7 Å². The van der Waals surface area contributed by atoms with E-state index in [4.69, 9.17) is 14.5 Å². The number of fused-ring (bicyclic) bond motifs is 5. The van der Waals surface area contributed by atoms with Crippen LogP contribution >= 0.6 is 0 Å². The molecule has 0 saturated heterocycles. The highest BCUT2D eigenvalue weighted by Gasteiger charge is 2.46. The number of carbonyl (C=O) groups is 2. The quantitative estimate of drug-likeness (QED) is 0.342. The molecule has 2 aromatic heterocycles. The zero-order chi connectivity index (χ0) is 29.4. The molecule has 0 unspecified atom stereocenters. The molecule has 1 aromatic carbocycles. The number of aliphatic hydroxyl groups is 1. The molecule has 0 saturated carbocycles. The van der Waals surface area contributed by atoms with Gasteiger partial charge >= 0.3 is 5.97 Å². The first kappa shape index (κ1) is 27.5. The Bertz CT molecular complexity index is 1700. The van der Waals surface area contributed by atoms with Crippen LogP contribution in [0.4, 0.5) is 4.39 Å². The third kappa shape index (κ3) is 4.18. The van der Waals surface area contributed by atoms with Gasteiger partial charge in [-0.15, -0.1) is 0 Å². The highest BCUT2D eigenvalue weighted by Crippen LogP contribution is 2.46. The van der Waals surface area contributed by atoms with Gasteiger partial charge in [0, 0.05) is 22.6 Å². The van der Waals surface area contributed by atoms with Crippen molar-refractivity contribution in [3.63, 3.8) is 0 Å². The molecule has 0 fully saturated rings. The summed E-state index contributed by atoms with van der Waals surface area (Å²) >= 11 is 0. The van der Waals surface area contributed by atoms with E-state index in [9.17, 15) is 19.5 Å². The van der Waals surface area contributed by atoms with Gasteiger partial charge in [-0.2, -0.15) is 0 Å². The van der Waals surface area contributed by atoms with E-state index in [0.717, 1.165) is 22.1 Å². The van der Waals surface area contributed by atoms with Crippen LogP contribution in [0.5, 0.6) is 0 Å². The molecule has 2 N–H and O–H groups in total. The van der Waals surface area contributed by atoms with E-state index in [1.807, 2.05) is 20.8 Å². The molecule has 2 aliphatic heterocycles. The van der Waals surface area contributed by atoms with E-state index in [1.165, 1.54) is 6.07 Å². The summed E-state index contributed by atoms with van der Waals surface area (Å²) in [6, 6.07) is 2.67. The number of nitrogens with zero attached hydrogens (tertiary/aromatic N) is 2. The van der Waals surface area contributed by atoms with Crippen molar-refractivity contribution in [2.24, 2.45) is 0 Å². The molecule has 0 bridgehead atoms. The molecule has 4 heterocycles. The Morgan fingerprint density at radius 2 is 2.02 bits per heavy atom. The highest BCUT2D eigenvalue weighted by atomic mass is 19.1. The summed E-state index contributed by atoms with van der Waals surface area (Å²) in [6.45, 7) is 9.08. The third-order valence-electron chi connectivity index (χ3n) is 8.69. The summed E-state index contributed by atoms with van der Waals surface area (Å²) in [7, 11) is 0. The molecule has 216 valence electrons. The van der Waals surface area contributed by atoms with Gasteiger partial charge in [-0.25, -0.2) is 14.2 Å². The van der Waals surface area contributed by atoms with Gasteiger partial charge in [0.2, 0.25) is 5.91 Å². The lowest BCUT2D eigenvalue weighted by atomic mass is 9.81. The van der Waals surface area contributed by atoms with E-state index >= 15 is 4.39 Å². The van der Waals surface area contributed by atoms with Crippen molar-refractivity contribution in [3.8, 4) is 11.4 Å². The average molecular weight is 564 g/mol. The number of ether oxygens (including phenoxy) is 2. The van der Waals surface area contributed by atoms with Gasteiger partial charge in [0.1, 0.15) is 12.4 Å². The molecule has 3 atom stereocenters. The van der Waals surface area contributed by atoms with Crippen molar-refractivity contribution in [1.29, 1.82) is 0 Å². The van der Waals surface area contributed by atoms with Crippen molar-refractivity contribution >= 4 is 22.8 Å². The molecular formula is C31H34FN3O6. The van der Waals surface area contributed by atoms with Crippen LogP contribution in [0.1, 0.15) is 86.4 Å². The summed E-state index contributed by atoms with van der Waals surface area (Å²) in [5.41, 5.74) is 2.51. The Morgan fingerprint density at radius 1 is 1.27 bits per heavy atom. The number of amides is 1. The molecule has 3 aliphatic rings. The summed E-state index contributed by atoms with van der Waals surface area (Å²) in [6.07, 6.45) is 1.09. The fourth-order valence-corrected chi connectivity index (χ4v) is 6.73. The van der Waals surface area contributed by atoms with Crippen molar-refractivity contribution < 1.29 is 28.6 Å². The number of pyridine rings is 2. The van der Waals surface area contributed by atoms with Gasteiger partial charge in [0.05, 0.1) is 53.7 Å². The van der Waals surface area contributed by atoms with Crippen LogP contribution in [-0.4, -0.2) is 38.7 Å². The highest BCUT2D eigenvalue weighted by molar-refractivity contribution is 5.94. The lowest BCUT2D eigenvalue weighted by Gasteiger charge is -2.31. The Labute approximate surface area is 236 Å². The van der Waals surface area contributed by atoms with E-state index in [0.29, 0.717) is 35.3 Å². The molecule has 10 heteroatoms. The normalized spacial score (nSPS) is 21.4. The zero-order valence-electron chi connectivity index (χ0n) is 23.9.